The first-order chi connectivity index (χ1) is 9.94. The van der Waals surface area contributed by atoms with Crippen molar-refractivity contribution >= 4 is 15.5 Å². The quantitative estimate of drug-likeness (QED) is 0.883. The minimum absolute atomic E-state index is 0.160. The van der Waals surface area contributed by atoms with Crippen LogP contribution in [0, 0.1) is 5.82 Å². The molecule has 0 aromatic heterocycles. The normalized spacial score (nSPS) is 17.3. The van der Waals surface area contributed by atoms with Gasteiger partial charge in [0.1, 0.15) is 17.7 Å². The Morgan fingerprint density at radius 2 is 2.05 bits per heavy atom. The number of nitrogens with two attached hydrogens (primary N) is 1. The van der Waals surface area contributed by atoms with Gasteiger partial charge in [0.2, 0.25) is 0 Å². The van der Waals surface area contributed by atoms with Crippen molar-refractivity contribution in [3.05, 3.63) is 53.8 Å². The van der Waals surface area contributed by atoms with Gasteiger partial charge in [0.05, 0.1) is 10.6 Å². The maximum absolute atomic E-state index is 13.1. The van der Waals surface area contributed by atoms with Crippen LogP contribution in [0.2, 0.25) is 0 Å². The molecule has 4 nitrogen and oxygen atoms in total. The van der Waals surface area contributed by atoms with Gasteiger partial charge in [-0.05, 0) is 36.4 Å². The molecule has 0 radical (unpaired) electrons. The van der Waals surface area contributed by atoms with E-state index in [1.165, 1.54) is 30.3 Å². The van der Waals surface area contributed by atoms with E-state index in [4.69, 9.17) is 10.5 Å². The van der Waals surface area contributed by atoms with E-state index in [9.17, 15) is 12.8 Å². The Balaban J connectivity index is 1.79. The molecule has 0 bridgehead atoms. The van der Waals surface area contributed by atoms with Crippen LogP contribution in [0.15, 0.2) is 47.4 Å². The average molecular weight is 307 g/mol. The average Bonchev–Trinajstić information content (AvgIpc) is 2.79. The number of hydrogen-bond donors (Lipinski definition) is 1. The zero-order valence-corrected chi connectivity index (χ0v) is 11.9. The molecule has 2 N–H and O–H groups in total. The van der Waals surface area contributed by atoms with Crippen molar-refractivity contribution < 1.29 is 17.5 Å². The van der Waals surface area contributed by atoms with Gasteiger partial charge in [0.15, 0.2) is 9.84 Å². The number of rotatable bonds is 3. The van der Waals surface area contributed by atoms with Gasteiger partial charge in [-0.3, -0.25) is 0 Å². The lowest BCUT2D eigenvalue weighted by Crippen LogP contribution is -2.25. The van der Waals surface area contributed by atoms with E-state index < -0.39 is 15.9 Å². The summed E-state index contributed by atoms with van der Waals surface area (Å²) in [5.74, 6) is 0.0353. The van der Waals surface area contributed by atoms with Gasteiger partial charge in [-0.1, -0.05) is 6.07 Å². The van der Waals surface area contributed by atoms with Crippen LogP contribution in [0.4, 0.5) is 10.1 Å². The lowest BCUT2D eigenvalue weighted by molar-refractivity contribution is 0.256. The van der Waals surface area contributed by atoms with E-state index in [1.54, 1.807) is 12.1 Å². The fourth-order valence-corrected chi connectivity index (χ4v) is 3.90. The minimum atomic E-state index is -3.49. The van der Waals surface area contributed by atoms with Crippen molar-refractivity contribution in [2.75, 3.05) is 11.5 Å². The minimum Gasteiger partial charge on any atom is -0.489 e. The number of fused-ring (bicyclic) bond motifs is 1. The van der Waals surface area contributed by atoms with Crippen molar-refractivity contribution in [2.45, 2.75) is 17.4 Å². The highest BCUT2D eigenvalue weighted by atomic mass is 32.2. The molecule has 1 aliphatic heterocycles. The summed E-state index contributed by atoms with van der Waals surface area (Å²) in [6.07, 6.45) is -0.123. The highest BCUT2D eigenvalue weighted by Crippen LogP contribution is 2.30. The Morgan fingerprint density at radius 3 is 2.81 bits per heavy atom. The monoisotopic (exact) mass is 307 g/mol. The summed E-state index contributed by atoms with van der Waals surface area (Å²) < 4.78 is 43.4. The van der Waals surface area contributed by atoms with Crippen molar-refractivity contribution in [2.24, 2.45) is 0 Å². The molecular weight excluding hydrogens is 293 g/mol. The zero-order chi connectivity index (χ0) is 15.0. The summed E-state index contributed by atoms with van der Waals surface area (Å²) in [6, 6.07) is 10.4. The molecule has 2 aromatic rings. The summed E-state index contributed by atoms with van der Waals surface area (Å²) in [6.45, 7) is 0. The molecule has 0 amide bonds. The molecule has 0 spiro atoms. The lowest BCUT2D eigenvalue weighted by atomic mass is 10.1. The van der Waals surface area contributed by atoms with Gasteiger partial charge >= 0.3 is 0 Å². The second-order valence-electron chi connectivity index (χ2n) is 5.05. The molecule has 1 heterocycles. The summed E-state index contributed by atoms with van der Waals surface area (Å²) >= 11 is 0. The molecule has 3 rings (SSSR count). The largest absolute Gasteiger partial charge is 0.489 e. The number of halogens is 1. The van der Waals surface area contributed by atoms with Crippen LogP contribution in [0.3, 0.4) is 0 Å². The van der Waals surface area contributed by atoms with Crippen molar-refractivity contribution in [1.29, 1.82) is 0 Å². The molecule has 21 heavy (non-hydrogen) atoms. The Hall–Kier alpha value is -2.08. The standard InChI is InChI=1S/C15H14FNO3S/c16-11-4-5-15-10(6-11)7-13(20-15)9-21(18,19)14-3-1-2-12(17)8-14/h1-6,8,13H,7,9,17H2. The molecule has 1 aliphatic rings. The summed E-state index contributed by atoms with van der Waals surface area (Å²) in [5, 5.41) is 0. The Bertz CT molecular complexity index is 789. The van der Waals surface area contributed by atoms with Crippen LogP contribution in [-0.4, -0.2) is 20.3 Å². The van der Waals surface area contributed by atoms with Crippen LogP contribution in [0.5, 0.6) is 5.75 Å². The molecule has 0 saturated heterocycles. The second-order valence-corrected chi connectivity index (χ2v) is 7.08. The van der Waals surface area contributed by atoms with Gasteiger partial charge in [-0.25, -0.2) is 12.8 Å². The fraction of sp³-hybridized carbons (Fsp3) is 0.200. The molecule has 0 aliphatic carbocycles. The molecule has 2 aromatic carbocycles. The Morgan fingerprint density at radius 1 is 1.24 bits per heavy atom. The molecule has 110 valence electrons. The number of benzene rings is 2. The summed E-state index contributed by atoms with van der Waals surface area (Å²) in [4.78, 5) is 0.174. The van der Waals surface area contributed by atoms with Crippen LogP contribution < -0.4 is 10.5 Å². The highest BCUT2D eigenvalue weighted by Gasteiger charge is 2.29. The smallest absolute Gasteiger partial charge is 0.182 e. The number of nitrogen functional groups attached to an aromatic ring is 1. The van der Waals surface area contributed by atoms with Crippen molar-refractivity contribution in [3.8, 4) is 5.75 Å². The van der Waals surface area contributed by atoms with Crippen molar-refractivity contribution in [1.82, 2.24) is 0 Å². The van der Waals surface area contributed by atoms with Gasteiger partial charge in [-0.15, -0.1) is 0 Å². The number of ether oxygens (including phenoxy) is 1. The fourth-order valence-electron chi connectivity index (χ4n) is 2.43. The first-order valence-electron chi connectivity index (χ1n) is 6.47. The molecule has 1 unspecified atom stereocenters. The second kappa shape index (κ2) is 5.04. The van der Waals surface area contributed by atoms with Gasteiger partial charge < -0.3 is 10.5 Å². The predicted octanol–water partition coefficient (Wildman–Crippen LogP) is 2.19. The molecular formula is C15H14FNO3S. The van der Waals surface area contributed by atoms with Crippen LogP contribution in [-0.2, 0) is 16.3 Å². The van der Waals surface area contributed by atoms with E-state index in [-0.39, 0.29) is 16.5 Å². The van der Waals surface area contributed by atoms with E-state index in [2.05, 4.69) is 0 Å². The summed E-state index contributed by atoms with van der Waals surface area (Å²) in [5.41, 5.74) is 6.71. The first-order valence-corrected chi connectivity index (χ1v) is 8.13. The van der Waals surface area contributed by atoms with Gasteiger partial charge in [-0.2, -0.15) is 0 Å². The Kier molecular flexibility index (Phi) is 3.33. The first kappa shape index (κ1) is 13.9. The van der Waals surface area contributed by atoms with Crippen LogP contribution in [0.1, 0.15) is 5.56 Å². The molecule has 6 heteroatoms. The maximum atomic E-state index is 13.1. The maximum Gasteiger partial charge on any atom is 0.182 e. The number of hydrogen-bond acceptors (Lipinski definition) is 4. The highest BCUT2D eigenvalue weighted by molar-refractivity contribution is 7.91. The number of sulfone groups is 1. The van der Waals surface area contributed by atoms with E-state index in [0.717, 1.165) is 0 Å². The van der Waals surface area contributed by atoms with Crippen LogP contribution in [0.25, 0.3) is 0 Å². The molecule has 0 saturated carbocycles. The van der Waals surface area contributed by atoms with Crippen molar-refractivity contribution in [3.63, 3.8) is 0 Å². The Labute approximate surface area is 122 Å². The van der Waals surface area contributed by atoms with E-state index in [0.29, 0.717) is 23.4 Å². The molecule has 1 atom stereocenters. The third-order valence-electron chi connectivity index (χ3n) is 3.39. The van der Waals surface area contributed by atoms with Gasteiger partial charge in [0.25, 0.3) is 0 Å². The third-order valence-corrected chi connectivity index (χ3v) is 5.17. The topological polar surface area (TPSA) is 69.4 Å². The SMILES string of the molecule is Nc1cccc(S(=O)(=O)CC2Cc3cc(F)ccc3O2)c1. The number of anilines is 1. The molecule has 0 fully saturated rings. The summed E-state index contributed by atoms with van der Waals surface area (Å²) in [7, 11) is -3.49. The zero-order valence-electron chi connectivity index (χ0n) is 11.1. The van der Waals surface area contributed by atoms with E-state index >= 15 is 0 Å². The predicted molar refractivity (Wildman–Crippen MR) is 77.4 cm³/mol. The van der Waals surface area contributed by atoms with Gasteiger partial charge in [0, 0.05) is 17.7 Å². The lowest BCUT2D eigenvalue weighted by Gasteiger charge is -2.11. The third kappa shape index (κ3) is 2.85. The van der Waals surface area contributed by atoms with Crippen LogP contribution >= 0.6 is 0 Å². The van der Waals surface area contributed by atoms with E-state index in [1.807, 2.05) is 0 Å².